The van der Waals surface area contributed by atoms with Crippen LogP contribution in [-0.4, -0.2) is 24.4 Å². The van der Waals surface area contributed by atoms with Crippen molar-refractivity contribution >= 4 is 22.4 Å². The van der Waals surface area contributed by atoms with Crippen molar-refractivity contribution in [2.75, 3.05) is 7.05 Å². The molecular formula is C15H14ClF2N3O3S. The first-order valence-electron chi connectivity index (χ1n) is 6.89. The number of halogens is 3. The molecule has 10 heteroatoms. The fraction of sp³-hybridized carbons (Fsp3) is 0.133. The van der Waals surface area contributed by atoms with E-state index in [1.807, 2.05) is 0 Å². The number of hydrogen-bond donors (Lipinski definition) is 1. The molecule has 0 fully saturated rings. The highest BCUT2D eigenvalue weighted by Crippen LogP contribution is 2.31. The van der Waals surface area contributed by atoms with Gasteiger partial charge in [-0.3, -0.25) is 0 Å². The van der Waals surface area contributed by atoms with Crippen molar-refractivity contribution in [3.8, 4) is 11.3 Å². The molecule has 0 saturated heterocycles. The second-order valence-corrected chi connectivity index (χ2v) is 6.76. The number of nitrogens with zero attached hydrogens (tertiary/aromatic N) is 2. The summed E-state index contributed by atoms with van der Waals surface area (Å²) < 4.78 is 59.8. The lowest BCUT2D eigenvalue weighted by atomic mass is 10.2. The predicted molar refractivity (Wildman–Crippen MR) is 88.9 cm³/mol. The Balaban J connectivity index is 0.00000225. The molecule has 3 aromatic heterocycles. The highest BCUT2D eigenvalue weighted by molar-refractivity contribution is 7.90. The van der Waals surface area contributed by atoms with Gasteiger partial charge >= 0.3 is 0 Å². The standard InChI is InChI=1S/C15H13F2N3O3S.ClH/c1-18-7-10-8-20(24(21,22)11-4-6-23-9-11)14(13(10)16)12-3-2-5-19-15(12)17;/h2-6,8-9,18H,7H2,1H3;1H. The molecule has 0 radical (unpaired) electrons. The van der Waals surface area contributed by atoms with E-state index in [2.05, 4.69) is 10.3 Å². The normalized spacial score (nSPS) is 11.3. The van der Waals surface area contributed by atoms with Gasteiger partial charge < -0.3 is 9.73 Å². The zero-order valence-electron chi connectivity index (χ0n) is 12.9. The minimum atomic E-state index is -4.15. The number of pyridine rings is 1. The third-order valence-electron chi connectivity index (χ3n) is 3.42. The van der Waals surface area contributed by atoms with Gasteiger partial charge in [0.25, 0.3) is 10.0 Å². The molecule has 25 heavy (non-hydrogen) atoms. The van der Waals surface area contributed by atoms with E-state index in [1.165, 1.54) is 30.7 Å². The van der Waals surface area contributed by atoms with Crippen molar-refractivity contribution < 1.29 is 21.6 Å². The minimum absolute atomic E-state index is 0. The van der Waals surface area contributed by atoms with Gasteiger partial charge in [0, 0.05) is 24.5 Å². The van der Waals surface area contributed by atoms with Crippen molar-refractivity contribution in [3.63, 3.8) is 0 Å². The van der Waals surface area contributed by atoms with Crippen LogP contribution in [-0.2, 0) is 16.6 Å². The number of furan rings is 1. The van der Waals surface area contributed by atoms with Crippen LogP contribution in [0.2, 0.25) is 0 Å². The van der Waals surface area contributed by atoms with Crippen molar-refractivity contribution in [2.24, 2.45) is 0 Å². The van der Waals surface area contributed by atoms with E-state index in [9.17, 15) is 17.2 Å². The summed E-state index contributed by atoms with van der Waals surface area (Å²) in [5, 5.41) is 2.74. The van der Waals surface area contributed by atoms with Crippen LogP contribution in [0.1, 0.15) is 5.56 Å². The Bertz CT molecular complexity index is 972. The molecule has 1 N–H and O–H groups in total. The molecule has 3 heterocycles. The highest BCUT2D eigenvalue weighted by atomic mass is 35.5. The molecule has 0 atom stereocenters. The Kier molecular flexibility index (Phi) is 5.61. The second kappa shape index (κ2) is 7.34. The Morgan fingerprint density at radius 3 is 2.68 bits per heavy atom. The van der Waals surface area contributed by atoms with E-state index in [-0.39, 0.29) is 35.0 Å². The van der Waals surface area contributed by atoms with Crippen LogP contribution in [0, 0.1) is 11.8 Å². The predicted octanol–water partition coefficient (Wildman–Crippen LogP) is 2.80. The van der Waals surface area contributed by atoms with E-state index in [4.69, 9.17) is 4.42 Å². The van der Waals surface area contributed by atoms with Crippen LogP contribution in [0.4, 0.5) is 8.78 Å². The summed E-state index contributed by atoms with van der Waals surface area (Å²) in [5.41, 5.74) is -0.570. The number of aromatic nitrogens is 2. The SMILES string of the molecule is CNCc1cn(S(=O)(=O)c2ccoc2)c(-c2cccnc2F)c1F.Cl. The molecule has 0 unspecified atom stereocenters. The molecule has 0 spiro atoms. The zero-order chi connectivity index (χ0) is 17.3. The van der Waals surface area contributed by atoms with Crippen molar-refractivity contribution in [2.45, 2.75) is 11.4 Å². The van der Waals surface area contributed by atoms with Crippen LogP contribution >= 0.6 is 12.4 Å². The van der Waals surface area contributed by atoms with Gasteiger partial charge in [0.15, 0.2) is 5.82 Å². The molecule has 0 aliphatic carbocycles. The third kappa shape index (κ3) is 3.30. The van der Waals surface area contributed by atoms with E-state index in [0.717, 1.165) is 12.5 Å². The molecule has 3 aromatic rings. The summed E-state index contributed by atoms with van der Waals surface area (Å²) in [6.07, 6.45) is 4.53. The summed E-state index contributed by atoms with van der Waals surface area (Å²) >= 11 is 0. The fourth-order valence-corrected chi connectivity index (χ4v) is 3.64. The van der Waals surface area contributed by atoms with Gasteiger partial charge in [-0.1, -0.05) is 0 Å². The fourth-order valence-electron chi connectivity index (χ4n) is 2.33. The lowest BCUT2D eigenvalue weighted by Crippen LogP contribution is -2.13. The van der Waals surface area contributed by atoms with E-state index >= 15 is 0 Å². The van der Waals surface area contributed by atoms with Gasteiger partial charge in [-0.2, -0.15) is 4.39 Å². The Morgan fingerprint density at radius 1 is 1.32 bits per heavy atom. The van der Waals surface area contributed by atoms with Gasteiger partial charge in [-0.15, -0.1) is 12.4 Å². The summed E-state index contributed by atoms with van der Waals surface area (Å²) in [6, 6.07) is 3.90. The van der Waals surface area contributed by atoms with Gasteiger partial charge in [-0.25, -0.2) is 21.8 Å². The quantitative estimate of drug-likeness (QED) is 0.679. The Morgan fingerprint density at radius 2 is 2.08 bits per heavy atom. The maximum Gasteiger partial charge on any atom is 0.271 e. The third-order valence-corrected chi connectivity index (χ3v) is 5.05. The van der Waals surface area contributed by atoms with Gasteiger partial charge in [0.2, 0.25) is 5.95 Å². The number of nitrogens with one attached hydrogen (secondary N) is 1. The summed E-state index contributed by atoms with van der Waals surface area (Å²) in [7, 11) is -2.56. The lowest BCUT2D eigenvalue weighted by molar-refractivity contribution is 0.554. The van der Waals surface area contributed by atoms with Crippen LogP contribution in [0.25, 0.3) is 11.3 Å². The first-order chi connectivity index (χ1) is 11.5. The minimum Gasteiger partial charge on any atom is -0.471 e. The molecule has 134 valence electrons. The summed E-state index contributed by atoms with van der Waals surface area (Å²) in [4.78, 5) is 3.29. The van der Waals surface area contributed by atoms with Crippen LogP contribution < -0.4 is 5.32 Å². The van der Waals surface area contributed by atoms with Crippen LogP contribution in [0.5, 0.6) is 0 Å². The Hall–Kier alpha value is -2.23. The van der Waals surface area contributed by atoms with E-state index in [1.54, 1.807) is 7.05 Å². The van der Waals surface area contributed by atoms with E-state index < -0.39 is 27.5 Å². The zero-order valence-corrected chi connectivity index (χ0v) is 14.6. The average molecular weight is 390 g/mol. The van der Waals surface area contributed by atoms with Crippen LogP contribution in [0.15, 0.2) is 52.4 Å². The summed E-state index contributed by atoms with van der Waals surface area (Å²) in [5.74, 6) is -1.79. The first kappa shape index (κ1) is 19.1. The maximum atomic E-state index is 14.8. The molecule has 0 aliphatic rings. The van der Waals surface area contributed by atoms with Gasteiger partial charge in [0.05, 0.1) is 11.8 Å². The molecular weight excluding hydrogens is 376 g/mol. The Labute approximate surface area is 149 Å². The number of hydrogen-bond acceptors (Lipinski definition) is 5. The summed E-state index contributed by atoms with van der Waals surface area (Å²) in [6.45, 7) is 0.0780. The van der Waals surface area contributed by atoms with Gasteiger partial charge in [0.1, 0.15) is 16.9 Å². The van der Waals surface area contributed by atoms with Crippen molar-refractivity contribution in [3.05, 3.63) is 60.4 Å². The van der Waals surface area contributed by atoms with Crippen molar-refractivity contribution in [1.82, 2.24) is 14.3 Å². The molecule has 0 aliphatic heterocycles. The molecule has 0 saturated carbocycles. The average Bonchev–Trinajstić information content (AvgIpc) is 3.19. The maximum absolute atomic E-state index is 14.8. The van der Waals surface area contributed by atoms with Gasteiger partial charge in [-0.05, 0) is 25.2 Å². The van der Waals surface area contributed by atoms with Crippen LogP contribution in [0.3, 0.4) is 0 Å². The largest absolute Gasteiger partial charge is 0.471 e. The lowest BCUT2D eigenvalue weighted by Gasteiger charge is -2.09. The smallest absolute Gasteiger partial charge is 0.271 e. The highest BCUT2D eigenvalue weighted by Gasteiger charge is 2.28. The topological polar surface area (TPSA) is 77.1 Å². The van der Waals surface area contributed by atoms with E-state index in [0.29, 0.717) is 3.97 Å². The molecule has 0 bridgehead atoms. The first-order valence-corrected chi connectivity index (χ1v) is 8.33. The number of rotatable bonds is 5. The molecule has 0 aromatic carbocycles. The molecule has 3 rings (SSSR count). The second-order valence-electron chi connectivity index (χ2n) is 4.95. The monoisotopic (exact) mass is 389 g/mol. The molecule has 0 amide bonds. The molecule has 6 nitrogen and oxygen atoms in total. The van der Waals surface area contributed by atoms with Crippen molar-refractivity contribution in [1.29, 1.82) is 0 Å².